The molecule has 1 atom stereocenters. The summed E-state index contributed by atoms with van der Waals surface area (Å²) in [4.78, 5) is 4.15. The first-order valence-corrected chi connectivity index (χ1v) is 9.33. The molecule has 1 fully saturated rings. The van der Waals surface area contributed by atoms with Crippen molar-refractivity contribution < 1.29 is 13.2 Å². The Hall–Kier alpha value is -1.86. The van der Waals surface area contributed by atoms with E-state index < -0.39 is 10.0 Å². The second-order valence-electron chi connectivity index (χ2n) is 6.08. The molecule has 23 heavy (non-hydrogen) atoms. The van der Waals surface area contributed by atoms with E-state index in [2.05, 4.69) is 9.55 Å². The zero-order valence-electron chi connectivity index (χ0n) is 12.7. The molecule has 0 bridgehead atoms. The van der Waals surface area contributed by atoms with Crippen LogP contribution in [-0.4, -0.2) is 40.7 Å². The van der Waals surface area contributed by atoms with Crippen molar-refractivity contribution in [2.45, 2.75) is 30.7 Å². The quantitative estimate of drug-likeness (QED) is 0.837. The first kappa shape index (κ1) is 14.7. The molecule has 0 amide bonds. The van der Waals surface area contributed by atoms with Gasteiger partial charge in [0.25, 0.3) is 0 Å². The standard InChI is InChI=1S/C16H19N3O3S/c20-23(21,15-6-7-15)18-10-13-4-3-9-19(13)14(11-18)12-22-16-5-1-2-8-17-16/h1-5,8-9,14-15H,6-7,10-12H2/t14-/m0/s1. The van der Waals surface area contributed by atoms with Gasteiger partial charge < -0.3 is 9.30 Å². The maximum Gasteiger partial charge on any atom is 0.217 e. The molecule has 7 heteroatoms. The third kappa shape index (κ3) is 2.86. The van der Waals surface area contributed by atoms with Gasteiger partial charge >= 0.3 is 0 Å². The number of rotatable bonds is 5. The van der Waals surface area contributed by atoms with Crippen molar-refractivity contribution in [3.8, 4) is 5.88 Å². The largest absolute Gasteiger partial charge is 0.475 e. The number of pyridine rings is 1. The molecule has 0 spiro atoms. The highest BCUT2D eigenvalue weighted by Gasteiger charge is 2.42. The van der Waals surface area contributed by atoms with E-state index >= 15 is 0 Å². The van der Waals surface area contributed by atoms with Crippen molar-refractivity contribution in [2.75, 3.05) is 13.2 Å². The highest BCUT2D eigenvalue weighted by Crippen LogP contribution is 2.34. The number of nitrogens with zero attached hydrogens (tertiary/aromatic N) is 3. The number of aromatic nitrogens is 2. The van der Waals surface area contributed by atoms with Crippen LogP contribution in [0.2, 0.25) is 0 Å². The number of fused-ring (bicyclic) bond motifs is 1. The van der Waals surface area contributed by atoms with Gasteiger partial charge in [0.1, 0.15) is 6.61 Å². The van der Waals surface area contributed by atoms with Gasteiger partial charge in [0.15, 0.2) is 0 Å². The Bertz CT molecular complexity index is 784. The van der Waals surface area contributed by atoms with Crippen molar-refractivity contribution in [3.05, 3.63) is 48.4 Å². The maximum absolute atomic E-state index is 12.6. The minimum absolute atomic E-state index is 0.0377. The third-order valence-corrected chi connectivity index (χ3v) is 6.69. The summed E-state index contributed by atoms with van der Waals surface area (Å²) >= 11 is 0. The number of hydrogen-bond acceptors (Lipinski definition) is 4. The molecule has 2 aromatic rings. The van der Waals surface area contributed by atoms with E-state index in [0.29, 0.717) is 25.6 Å². The van der Waals surface area contributed by atoms with Crippen LogP contribution in [0.3, 0.4) is 0 Å². The zero-order chi connectivity index (χ0) is 15.9. The van der Waals surface area contributed by atoms with E-state index in [9.17, 15) is 8.42 Å². The lowest BCUT2D eigenvalue weighted by Gasteiger charge is -2.34. The van der Waals surface area contributed by atoms with Crippen molar-refractivity contribution in [3.63, 3.8) is 0 Å². The lowest BCUT2D eigenvalue weighted by Crippen LogP contribution is -2.43. The Balaban J connectivity index is 1.54. The molecule has 0 aromatic carbocycles. The van der Waals surface area contributed by atoms with Crippen LogP contribution >= 0.6 is 0 Å². The zero-order valence-corrected chi connectivity index (χ0v) is 13.5. The highest BCUT2D eigenvalue weighted by atomic mass is 32.2. The summed E-state index contributed by atoms with van der Waals surface area (Å²) in [6.07, 6.45) is 5.24. The van der Waals surface area contributed by atoms with Crippen molar-refractivity contribution in [1.82, 2.24) is 13.9 Å². The Kier molecular flexibility index (Phi) is 3.61. The van der Waals surface area contributed by atoms with Gasteiger partial charge in [-0.2, -0.15) is 4.31 Å². The topological polar surface area (TPSA) is 64.4 Å². The minimum atomic E-state index is -3.18. The molecule has 4 rings (SSSR count). The molecule has 0 unspecified atom stereocenters. The van der Waals surface area contributed by atoms with Crippen LogP contribution in [0.1, 0.15) is 24.6 Å². The molecule has 0 saturated heterocycles. The average Bonchev–Trinajstić information content (AvgIpc) is 3.32. The van der Waals surface area contributed by atoms with Crippen molar-refractivity contribution in [1.29, 1.82) is 0 Å². The second kappa shape index (κ2) is 5.65. The lowest BCUT2D eigenvalue weighted by atomic mass is 10.2. The van der Waals surface area contributed by atoms with E-state index in [1.54, 1.807) is 16.6 Å². The Morgan fingerprint density at radius 1 is 1.22 bits per heavy atom. The van der Waals surface area contributed by atoms with E-state index in [0.717, 1.165) is 18.5 Å². The Labute approximate surface area is 135 Å². The minimum Gasteiger partial charge on any atom is -0.475 e. The molecule has 2 aromatic heterocycles. The fourth-order valence-electron chi connectivity index (χ4n) is 3.01. The third-order valence-electron chi connectivity index (χ3n) is 4.38. The van der Waals surface area contributed by atoms with Crippen LogP contribution in [0.4, 0.5) is 0 Å². The van der Waals surface area contributed by atoms with Crippen LogP contribution in [0.5, 0.6) is 5.88 Å². The smallest absolute Gasteiger partial charge is 0.217 e. The molecule has 6 nitrogen and oxygen atoms in total. The number of hydrogen-bond donors (Lipinski definition) is 0. The van der Waals surface area contributed by atoms with E-state index in [-0.39, 0.29) is 11.3 Å². The van der Waals surface area contributed by atoms with E-state index in [4.69, 9.17) is 4.74 Å². The summed E-state index contributed by atoms with van der Waals surface area (Å²) in [6, 6.07) is 9.40. The van der Waals surface area contributed by atoms with Crippen LogP contribution in [0, 0.1) is 0 Å². The molecule has 0 N–H and O–H groups in total. The fraction of sp³-hybridized carbons (Fsp3) is 0.438. The summed E-state index contributed by atoms with van der Waals surface area (Å²) < 4.78 is 34.6. The molecule has 1 aliphatic heterocycles. The predicted octanol–water partition coefficient (Wildman–Crippen LogP) is 1.81. The Morgan fingerprint density at radius 2 is 2.09 bits per heavy atom. The molecule has 2 aliphatic rings. The van der Waals surface area contributed by atoms with E-state index in [1.165, 1.54) is 0 Å². The summed E-state index contributed by atoms with van der Waals surface area (Å²) in [6.45, 7) is 1.30. The molecule has 1 saturated carbocycles. The Morgan fingerprint density at radius 3 is 2.83 bits per heavy atom. The fourth-order valence-corrected chi connectivity index (χ4v) is 4.85. The average molecular weight is 333 g/mol. The molecule has 1 aliphatic carbocycles. The van der Waals surface area contributed by atoms with Gasteiger partial charge in [-0.15, -0.1) is 0 Å². The summed E-state index contributed by atoms with van der Waals surface area (Å²) in [7, 11) is -3.18. The van der Waals surface area contributed by atoms with Crippen LogP contribution < -0.4 is 4.74 Å². The van der Waals surface area contributed by atoms with Crippen LogP contribution in [0.25, 0.3) is 0 Å². The monoisotopic (exact) mass is 333 g/mol. The van der Waals surface area contributed by atoms with E-state index in [1.807, 2.05) is 30.5 Å². The van der Waals surface area contributed by atoms with Crippen molar-refractivity contribution >= 4 is 10.0 Å². The summed E-state index contributed by atoms with van der Waals surface area (Å²) in [5.74, 6) is 0.559. The molecule has 3 heterocycles. The molecule has 0 radical (unpaired) electrons. The SMILES string of the molecule is O=S(=O)(C1CC1)N1Cc2cccn2[C@H](COc2ccccn2)C1. The first-order chi connectivity index (χ1) is 11.1. The predicted molar refractivity (Wildman–Crippen MR) is 85.6 cm³/mol. The van der Waals surface area contributed by atoms with Gasteiger partial charge in [0.05, 0.1) is 17.8 Å². The van der Waals surface area contributed by atoms with Gasteiger partial charge in [0, 0.05) is 30.7 Å². The second-order valence-corrected chi connectivity index (χ2v) is 8.29. The van der Waals surface area contributed by atoms with Gasteiger partial charge in [-0.3, -0.25) is 0 Å². The first-order valence-electron chi connectivity index (χ1n) is 7.83. The summed E-state index contributed by atoms with van der Waals surface area (Å²) in [5.41, 5.74) is 1.01. The van der Waals surface area contributed by atoms with Gasteiger partial charge in [-0.05, 0) is 31.0 Å². The molecular weight excluding hydrogens is 314 g/mol. The van der Waals surface area contributed by atoms with Gasteiger partial charge in [-0.1, -0.05) is 6.07 Å². The normalized spacial score (nSPS) is 21.8. The summed E-state index contributed by atoms with van der Waals surface area (Å²) in [5, 5.41) is -0.179. The van der Waals surface area contributed by atoms with Crippen LogP contribution in [0.15, 0.2) is 42.7 Å². The maximum atomic E-state index is 12.6. The lowest BCUT2D eigenvalue weighted by molar-refractivity contribution is 0.190. The van der Waals surface area contributed by atoms with Gasteiger partial charge in [0.2, 0.25) is 15.9 Å². The molecule has 122 valence electrons. The number of ether oxygens (including phenoxy) is 1. The van der Waals surface area contributed by atoms with Crippen molar-refractivity contribution in [2.24, 2.45) is 0 Å². The van der Waals surface area contributed by atoms with Crippen LogP contribution in [-0.2, 0) is 16.6 Å². The number of sulfonamides is 1. The van der Waals surface area contributed by atoms with Gasteiger partial charge in [-0.25, -0.2) is 13.4 Å². The molecular formula is C16H19N3O3S. The highest BCUT2D eigenvalue weighted by molar-refractivity contribution is 7.90.